The highest BCUT2D eigenvalue weighted by atomic mass is 19.1. The number of hydrogen-bond donors (Lipinski definition) is 3. The van der Waals surface area contributed by atoms with Gasteiger partial charge >= 0.3 is 6.03 Å². The fourth-order valence-electron chi connectivity index (χ4n) is 1.99. The van der Waals surface area contributed by atoms with Gasteiger partial charge < -0.3 is 15.7 Å². The Hall–Kier alpha value is -2.54. The van der Waals surface area contributed by atoms with Crippen molar-refractivity contribution in [2.45, 2.75) is 19.1 Å². The van der Waals surface area contributed by atoms with Crippen molar-refractivity contribution in [3.63, 3.8) is 0 Å². The number of benzene rings is 2. The monoisotopic (exact) mass is 324 g/mol. The first-order chi connectivity index (χ1) is 10.9. The van der Waals surface area contributed by atoms with Crippen LogP contribution in [-0.2, 0) is 0 Å². The van der Waals surface area contributed by atoms with Crippen LogP contribution in [-0.4, -0.2) is 17.2 Å². The Morgan fingerprint density at radius 1 is 1.04 bits per heavy atom. The number of carbonyl (C=O) groups excluding carboxylic acids is 1. The quantitative estimate of drug-likeness (QED) is 0.808. The third-order valence-corrected chi connectivity index (χ3v) is 3.22. The molecule has 2 rings (SSSR count). The van der Waals surface area contributed by atoms with Crippen molar-refractivity contribution in [3.05, 3.63) is 65.5 Å². The van der Waals surface area contributed by atoms with Crippen LogP contribution < -0.4 is 10.6 Å². The number of aliphatic hydroxyl groups excluding tert-OH is 1. The van der Waals surface area contributed by atoms with Gasteiger partial charge in [0.1, 0.15) is 17.5 Å². The molecule has 23 heavy (non-hydrogen) atoms. The van der Waals surface area contributed by atoms with Gasteiger partial charge in [-0.1, -0.05) is 12.1 Å². The van der Waals surface area contributed by atoms with E-state index in [0.29, 0.717) is 5.56 Å². The zero-order valence-corrected chi connectivity index (χ0v) is 12.2. The molecule has 0 aliphatic heterocycles. The zero-order valence-electron chi connectivity index (χ0n) is 12.2. The molecule has 0 aliphatic carbocycles. The van der Waals surface area contributed by atoms with Crippen molar-refractivity contribution in [2.75, 3.05) is 5.32 Å². The Labute approximate surface area is 131 Å². The second-order valence-corrected chi connectivity index (χ2v) is 5.01. The van der Waals surface area contributed by atoms with E-state index in [-0.39, 0.29) is 5.69 Å². The van der Waals surface area contributed by atoms with Gasteiger partial charge in [0.25, 0.3) is 0 Å². The number of amides is 2. The number of hydrogen-bond acceptors (Lipinski definition) is 2. The van der Waals surface area contributed by atoms with Crippen molar-refractivity contribution >= 4 is 11.7 Å². The van der Waals surface area contributed by atoms with E-state index in [1.807, 2.05) is 0 Å². The first-order valence-corrected chi connectivity index (χ1v) is 6.83. The summed E-state index contributed by atoms with van der Waals surface area (Å²) >= 11 is 0. The second-order valence-electron chi connectivity index (χ2n) is 5.01. The molecule has 2 unspecified atom stereocenters. The predicted octanol–water partition coefficient (Wildman–Crippen LogP) is 3.35. The van der Waals surface area contributed by atoms with Crippen LogP contribution >= 0.6 is 0 Å². The number of anilines is 1. The van der Waals surface area contributed by atoms with Crippen LogP contribution in [0.4, 0.5) is 23.7 Å². The molecule has 0 radical (unpaired) electrons. The molecule has 2 atom stereocenters. The standard InChI is InChI=1S/C16H15F3N2O2/c1-9(15(22)10-2-4-11(17)5-3-10)20-16(23)21-14-8-12(18)6-7-13(14)19/h2-9,15,22H,1H3,(H2,20,21,23). The number of rotatable bonds is 4. The van der Waals surface area contributed by atoms with E-state index < -0.39 is 35.6 Å². The topological polar surface area (TPSA) is 61.4 Å². The molecule has 0 aliphatic rings. The van der Waals surface area contributed by atoms with Gasteiger partial charge in [-0.05, 0) is 36.8 Å². The van der Waals surface area contributed by atoms with Crippen molar-refractivity contribution < 1.29 is 23.1 Å². The van der Waals surface area contributed by atoms with E-state index in [1.165, 1.54) is 31.2 Å². The third-order valence-electron chi connectivity index (χ3n) is 3.22. The van der Waals surface area contributed by atoms with Gasteiger partial charge in [-0.15, -0.1) is 0 Å². The third kappa shape index (κ3) is 4.46. The Kier molecular flexibility index (Phi) is 5.23. The summed E-state index contributed by atoms with van der Waals surface area (Å²) in [4.78, 5) is 11.8. The molecule has 0 fully saturated rings. The lowest BCUT2D eigenvalue weighted by Crippen LogP contribution is -2.39. The molecule has 0 aromatic heterocycles. The largest absolute Gasteiger partial charge is 0.386 e. The molecule has 2 aromatic carbocycles. The molecule has 2 amide bonds. The van der Waals surface area contributed by atoms with Crippen LogP contribution in [0.3, 0.4) is 0 Å². The van der Waals surface area contributed by atoms with Gasteiger partial charge in [0.15, 0.2) is 0 Å². The summed E-state index contributed by atoms with van der Waals surface area (Å²) in [7, 11) is 0. The molecule has 0 bridgehead atoms. The minimum Gasteiger partial charge on any atom is -0.386 e. The maximum atomic E-state index is 13.4. The molecule has 0 saturated carbocycles. The lowest BCUT2D eigenvalue weighted by molar-refractivity contribution is 0.139. The van der Waals surface area contributed by atoms with Crippen LogP contribution in [0.15, 0.2) is 42.5 Å². The molecular formula is C16H15F3N2O2. The Morgan fingerprint density at radius 2 is 1.65 bits per heavy atom. The second kappa shape index (κ2) is 7.15. The summed E-state index contributed by atoms with van der Waals surface area (Å²) in [6, 6.07) is 6.28. The minimum atomic E-state index is -1.08. The highest BCUT2D eigenvalue weighted by molar-refractivity contribution is 5.89. The maximum absolute atomic E-state index is 13.4. The number of carbonyl (C=O) groups is 1. The van der Waals surface area contributed by atoms with Crippen LogP contribution in [0.5, 0.6) is 0 Å². The lowest BCUT2D eigenvalue weighted by atomic mass is 10.0. The Balaban J connectivity index is 1.99. The van der Waals surface area contributed by atoms with Gasteiger partial charge in [0.2, 0.25) is 0 Å². The summed E-state index contributed by atoms with van der Waals surface area (Å²) in [5.41, 5.74) is 0.0992. The highest BCUT2D eigenvalue weighted by Gasteiger charge is 2.19. The first kappa shape index (κ1) is 16.8. The van der Waals surface area contributed by atoms with Crippen molar-refractivity contribution in [3.8, 4) is 0 Å². The van der Waals surface area contributed by atoms with Gasteiger partial charge in [-0.3, -0.25) is 0 Å². The van der Waals surface area contributed by atoms with E-state index >= 15 is 0 Å². The van der Waals surface area contributed by atoms with E-state index in [0.717, 1.165) is 18.2 Å². The first-order valence-electron chi connectivity index (χ1n) is 6.83. The maximum Gasteiger partial charge on any atom is 0.319 e. The average Bonchev–Trinajstić information content (AvgIpc) is 2.51. The summed E-state index contributed by atoms with van der Waals surface area (Å²) in [6.07, 6.45) is -1.08. The Morgan fingerprint density at radius 3 is 2.30 bits per heavy atom. The zero-order chi connectivity index (χ0) is 17.0. The molecule has 0 heterocycles. The number of urea groups is 1. The lowest BCUT2D eigenvalue weighted by Gasteiger charge is -2.21. The normalized spacial score (nSPS) is 13.3. The van der Waals surface area contributed by atoms with Crippen LogP contribution in [0.1, 0.15) is 18.6 Å². The molecule has 7 heteroatoms. The van der Waals surface area contributed by atoms with E-state index in [1.54, 1.807) is 0 Å². The summed E-state index contributed by atoms with van der Waals surface area (Å²) in [6.45, 7) is 1.52. The van der Waals surface area contributed by atoms with Gasteiger partial charge in [-0.25, -0.2) is 18.0 Å². The van der Waals surface area contributed by atoms with E-state index in [2.05, 4.69) is 10.6 Å². The Bertz CT molecular complexity index is 692. The summed E-state index contributed by atoms with van der Waals surface area (Å²) in [5, 5.41) is 14.7. The van der Waals surface area contributed by atoms with Crippen LogP contribution in [0.2, 0.25) is 0 Å². The van der Waals surface area contributed by atoms with Gasteiger partial charge in [0, 0.05) is 6.07 Å². The van der Waals surface area contributed by atoms with Crippen molar-refractivity contribution in [2.24, 2.45) is 0 Å². The molecule has 3 N–H and O–H groups in total. The minimum absolute atomic E-state index is 0.314. The van der Waals surface area contributed by atoms with E-state index in [4.69, 9.17) is 0 Å². The summed E-state index contributed by atoms with van der Waals surface area (Å²) < 4.78 is 39.3. The van der Waals surface area contributed by atoms with Gasteiger partial charge in [-0.2, -0.15) is 0 Å². The SMILES string of the molecule is CC(NC(=O)Nc1cc(F)ccc1F)C(O)c1ccc(F)cc1. The molecule has 4 nitrogen and oxygen atoms in total. The average molecular weight is 324 g/mol. The van der Waals surface area contributed by atoms with Crippen LogP contribution in [0, 0.1) is 17.5 Å². The number of nitrogens with one attached hydrogen (secondary N) is 2. The molecule has 122 valence electrons. The molecule has 0 spiro atoms. The van der Waals surface area contributed by atoms with Gasteiger partial charge in [0.05, 0.1) is 17.8 Å². The molecule has 2 aromatic rings. The highest BCUT2D eigenvalue weighted by Crippen LogP contribution is 2.18. The fraction of sp³-hybridized carbons (Fsp3) is 0.188. The number of halogens is 3. The predicted molar refractivity (Wildman–Crippen MR) is 79.3 cm³/mol. The van der Waals surface area contributed by atoms with Crippen LogP contribution in [0.25, 0.3) is 0 Å². The fourth-order valence-corrected chi connectivity index (χ4v) is 1.99. The summed E-state index contributed by atoms with van der Waals surface area (Å²) in [5.74, 6) is -1.92. The smallest absolute Gasteiger partial charge is 0.319 e. The molecule has 0 saturated heterocycles. The van der Waals surface area contributed by atoms with Crippen molar-refractivity contribution in [1.82, 2.24) is 5.32 Å². The van der Waals surface area contributed by atoms with E-state index in [9.17, 15) is 23.1 Å². The molecular weight excluding hydrogens is 309 g/mol. The van der Waals surface area contributed by atoms with Crippen molar-refractivity contribution in [1.29, 1.82) is 0 Å². The number of aliphatic hydroxyl groups is 1.